The van der Waals surface area contributed by atoms with Crippen LogP contribution in [0.15, 0.2) is 85.2 Å². The number of hydrogen-bond acceptors (Lipinski definition) is 2. The van der Waals surface area contributed by atoms with Crippen LogP contribution in [0.2, 0.25) is 5.02 Å². The van der Waals surface area contributed by atoms with Crippen molar-refractivity contribution in [2.75, 3.05) is 0 Å². The van der Waals surface area contributed by atoms with Crippen LogP contribution in [-0.4, -0.2) is 15.3 Å². The molecular weight excluding hydrogens is 370 g/mol. The van der Waals surface area contributed by atoms with Crippen molar-refractivity contribution < 1.29 is 4.79 Å². The number of nitrogens with one attached hydrogen (secondary N) is 1. The maximum absolute atomic E-state index is 12.7. The zero-order valence-corrected chi connectivity index (χ0v) is 16.0. The van der Waals surface area contributed by atoms with E-state index in [9.17, 15) is 4.79 Å². The summed E-state index contributed by atoms with van der Waals surface area (Å²) < 4.78 is 1.96. The molecule has 1 atom stereocenters. The van der Waals surface area contributed by atoms with Crippen molar-refractivity contribution in [3.63, 3.8) is 0 Å². The van der Waals surface area contributed by atoms with Gasteiger partial charge in [-0.3, -0.25) is 4.79 Å². The maximum atomic E-state index is 12.7. The molecule has 2 aromatic carbocycles. The first kappa shape index (κ1) is 18.3. The van der Waals surface area contributed by atoms with Gasteiger partial charge in [0.2, 0.25) is 5.91 Å². The van der Waals surface area contributed by atoms with E-state index in [1.165, 1.54) is 0 Å². The zero-order valence-electron chi connectivity index (χ0n) is 15.3. The highest BCUT2D eigenvalue weighted by Gasteiger charge is 2.21. The second kappa shape index (κ2) is 8.28. The second-order valence-electron chi connectivity index (χ2n) is 6.69. The Kier molecular flexibility index (Phi) is 5.40. The van der Waals surface area contributed by atoms with Gasteiger partial charge in [0.25, 0.3) is 0 Å². The number of fused-ring (bicyclic) bond motifs is 1. The van der Waals surface area contributed by atoms with Gasteiger partial charge < -0.3 is 9.72 Å². The summed E-state index contributed by atoms with van der Waals surface area (Å²) in [6.45, 7) is 0.514. The average molecular weight is 390 g/mol. The molecule has 1 N–H and O–H groups in total. The number of aromatic nitrogens is 2. The van der Waals surface area contributed by atoms with E-state index in [0.717, 1.165) is 22.5 Å². The van der Waals surface area contributed by atoms with Crippen molar-refractivity contribution in [1.29, 1.82) is 0 Å². The Morgan fingerprint density at radius 2 is 1.71 bits per heavy atom. The lowest BCUT2D eigenvalue weighted by Gasteiger charge is -2.17. The lowest BCUT2D eigenvalue weighted by atomic mass is 9.92. The fourth-order valence-corrected chi connectivity index (χ4v) is 3.52. The van der Waals surface area contributed by atoms with E-state index in [1.807, 2.05) is 89.6 Å². The van der Waals surface area contributed by atoms with Crippen LogP contribution in [0, 0.1) is 0 Å². The lowest BCUT2D eigenvalue weighted by molar-refractivity contribution is -0.121. The third kappa shape index (κ3) is 4.07. The Bertz CT molecular complexity index is 1080. The molecule has 0 fully saturated rings. The van der Waals surface area contributed by atoms with Gasteiger partial charge in [-0.2, -0.15) is 0 Å². The third-order valence-corrected chi connectivity index (χ3v) is 5.00. The molecule has 0 saturated carbocycles. The molecule has 4 rings (SSSR count). The van der Waals surface area contributed by atoms with Crippen molar-refractivity contribution >= 4 is 23.2 Å². The largest absolute Gasteiger partial charge is 0.352 e. The molecule has 0 aliphatic heterocycles. The number of halogens is 1. The molecule has 2 heterocycles. The van der Waals surface area contributed by atoms with E-state index in [4.69, 9.17) is 11.6 Å². The van der Waals surface area contributed by atoms with Crippen molar-refractivity contribution in [3.8, 4) is 0 Å². The smallest absolute Gasteiger partial charge is 0.221 e. The molecule has 5 heteroatoms. The standard InChI is InChI=1S/C23H20ClN3O/c24-19-11-12-22-25-15-21(27(22)16-19)20(18-9-5-2-6-10-18)13-23(28)26-14-17-7-3-1-4-8-17/h1-12,15-16,20H,13-14H2,(H,26,28). The number of rotatable bonds is 6. The van der Waals surface area contributed by atoms with Gasteiger partial charge in [0, 0.05) is 31.3 Å². The molecule has 0 spiro atoms. The molecule has 0 aliphatic carbocycles. The van der Waals surface area contributed by atoms with Crippen LogP contribution in [0.4, 0.5) is 0 Å². The topological polar surface area (TPSA) is 46.4 Å². The molecule has 2 aromatic heterocycles. The van der Waals surface area contributed by atoms with Crippen LogP contribution in [0.1, 0.15) is 29.2 Å². The van der Waals surface area contributed by atoms with E-state index in [-0.39, 0.29) is 11.8 Å². The van der Waals surface area contributed by atoms with Gasteiger partial charge in [0.05, 0.1) is 10.7 Å². The number of hydrogen-bond donors (Lipinski definition) is 1. The van der Waals surface area contributed by atoms with Gasteiger partial charge in [-0.25, -0.2) is 4.98 Å². The van der Waals surface area contributed by atoms with Crippen molar-refractivity contribution in [2.24, 2.45) is 0 Å². The first-order valence-corrected chi connectivity index (χ1v) is 9.56. The molecule has 28 heavy (non-hydrogen) atoms. The van der Waals surface area contributed by atoms with Crippen LogP contribution in [0.25, 0.3) is 5.65 Å². The average Bonchev–Trinajstić information content (AvgIpc) is 3.14. The minimum Gasteiger partial charge on any atom is -0.352 e. The zero-order chi connectivity index (χ0) is 19.3. The molecule has 4 aromatic rings. The highest BCUT2D eigenvalue weighted by Crippen LogP contribution is 2.29. The van der Waals surface area contributed by atoms with Gasteiger partial charge in [0.1, 0.15) is 5.65 Å². The number of benzene rings is 2. The van der Waals surface area contributed by atoms with Gasteiger partial charge in [0.15, 0.2) is 0 Å². The first-order chi connectivity index (χ1) is 13.7. The fraction of sp³-hybridized carbons (Fsp3) is 0.130. The number of imidazole rings is 1. The number of nitrogens with zero attached hydrogens (tertiary/aromatic N) is 2. The molecule has 0 saturated heterocycles. The van der Waals surface area contributed by atoms with Gasteiger partial charge in [-0.1, -0.05) is 72.3 Å². The van der Waals surface area contributed by atoms with Gasteiger partial charge >= 0.3 is 0 Å². The number of carbonyl (C=O) groups excluding carboxylic acids is 1. The van der Waals surface area contributed by atoms with E-state index in [0.29, 0.717) is 18.0 Å². The van der Waals surface area contributed by atoms with Crippen LogP contribution >= 0.6 is 11.6 Å². The van der Waals surface area contributed by atoms with Gasteiger partial charge in [-0.15, -0.1) is 0 Å². The minimum absolute atomic E-state index is 0.00492. The summed E-state index contributed by atoms with van der Waals surface area (Å²) in [5, 5.41) is 3.66. The van der Waals surface area contributed by atoms with Crippen LogP contribution in [0.3, 0.4) is 0 Å². The van der Waals surface area contributed by atoms with Crippen LogP contribution in [0.5, 0.6) is 0 Å². The molecular formula is C23H20ClN3O. The molecule has 140 valence electrons. The first-order valence-electron chi connectivity index (χ1n) is 9.19. The van der Waals surface area contributed by atoms with Gasteiger partial charge in [-0.05, 0) is 23.3 Å². The number of pyridine rings is 1. The fourth-order valence-electron chi connectivity index (χ4n) is 3.36. The molecule has 1 amide bonds. The van der Waals surface area contributed by atoms with E-state index in [1.54, 1.807) is 0 Å². The summed E-state index contributed by atoms with van der Waals surface area (Å²) in [6, 6.07) is 23.6. The summed E-state index contributed by atoms with van der Waals surface area (Å²) in [4.78, 5) is 17.2. The summed E-state index contributed by atoms with van der Waals surface area (Å²) in [5.41, 5.74) is 3.90. The lowest BCUT2D eigenvalue weighted by Crippen LogP contribution is -2.25. The molecule has 0 aliphatic rings. The SMILES string of the molecule is O=C(CC(c1ccccc1)c1cnc2ccc(Cl)cn12)NCc1ccccc1. The van der Waals surface area contributed by atoms with Crippen LogP contribution in [-0.2, 0) is 11.3 Å². The summed E-state index contributed by atoms with van der Waals surface area (Å²) in [6.07, 6.45) is 4.00. The molecule has 4 nitrogen and oxygen atoms in total. The number of carbonyl (C=O) groups is 1. The highest BCUT2D eigenvalue weighted by molar-refractivity contribution is 6.30. The Balaban J connectivity index is 1.61. The normalized spacial score (nSPS) is 12.0. The Hall–Kier alpha value is -3.11. The second-order valence-corrected chi connectivity index (χ2v) is 7.12. The molecule has 0 bridgehead atoms. The van der Waals surface area contributed by atoms with Crippen molar-refractivity contribution in [3.05, 3.63) is 107 Å². The van der Waals surface area contributed by atoms with E-state index < -0.39 is 0 Å². The predicted octanol–water partition coefficient (Wildman–Crippen LogP) is 4.83. The van der Waals surface area contributed by atoms with Crippen molar-refractivity contribution in [2.45, 2.75) is 18.9 Å². The Morgan fingerprint density at radius 1 is 1.00 bits per heavy atom. The minimum atomic E-state index is -0.120. The highest BCUT2D eigenvalue weighted by atomic mass is 35.5. The van der Waals surface area contributed by atoms with Crippen LogP contribution < -0.4 is 5.32 Å². The maximum Gasteiger partial charge on any atom is 0.221 e. The monoisotopic (exact) mass is 389 g/mol. The Morgan fingerprint density at radius 3 is 2.46 bits per heavy atom. The molecule has 0 radical (unpaired) electrons. The third-order valence-electron chi connectivity index (χ3n) is 4.78. The molecule has 1 unspecified atom stereocenters. The number of amides is 1. The van der Waals surface area contributed by atoms with E-state index >= 15 is 0 Å². The summed E-state index contributed by atoms with van der Waals surface area (Å²) in [7, 11) is 0. The quantitative estimate of drug-likeness (QED) is 0.513. The summed E-state index contributed by atoms with van der Waals surface area (Å²) >= 11 is 6.19. The Labute approximate surface area is 168 Å². The van der Waals surface area contributed by atoms with E-state index in [2.05, 4.69) is 10.3 Å². The summed E-state index contributed by atoms with van der Waals surface area (Å²) in [5.74, 6) is -0.125. The van der Waals surface area contributed by atoms with Crippen molar-refractivity contribution in [1.82, 2.24) is 14.7 Å². The predicted molar refractivity (Wildman–Crippen MR) is 111 cm³/mol.